The van der Waals surface area contributed by atoms with Gasteiger partial charge < -0.3 is 5.11 Å². The molecule has 0 amide bonds. The Morgan fingerprint density at radius 2 is 2.33 bits per heavy atom. The van der Waals surface area contributed by atoms with Crippen molar-refractivity contribution in [1.29, 1.82) is 5.26 Å². The fraction of sp³-hybridized carbons (Fsp3) is 0.300. The molecule has 0 saturated carbocycles. The van der Waals surface area contributed by atoms with Crippen LogP contribution in [0.1, 0.15) is 13.8 Å². The monoisotopic (exact) mass is 161 g/mol. The zero-order valence-electron chi connectivity index (χ0n) is 7.20. The van der Waals surface area contributed by atoms with E-state index in [0.29, 0.717) is 0 Å². The van der Waals surface area contributed by atoms with Gasteiger partial charge in [0.25, 0.3) is 0 Å². The number of hydrogen-bond acceptors (Lipinski definition) is 2. The number of aliphatic hydroxyl groups is 1. The van der Waals surface area contributed by atoms with Crippen molar-refractivity contribution in [3.8, 4) is 6.07 Å². The summed E-state index contributed by atoms with van der Waals surface area (Å²) in [7, 11) is 0. The van der Waals surface area contributed by atoms with Gasteiger partial charge in [-0.05, 0) is 25.0 Å². The summed E-state index contributed by atoms with van der Waals surface area (Å²) in [5.41, 5.74) is 2.73. The van der Waals surface area contributed by atoms with E-state index in [2.05, 4.69) is 0 Å². The van der Waals surface area contributed by atoms with Crippen LogP contribution in [0.15, 0.2) is 34.9 Å². The first kappa shape index (κ1) is 8.76. The Labute approximate surface area is 72.1 Å². The molecule has 1 aliphatic rings. The van der Waals surface area contributed by atoms with E-state index in [0.717, 1.165) is 16.7 Å². The van der Waals surface area contributed by atoms with Crippen molar-refractivity contribution >= 4 is 0 Å². The van der Waals surface area contributed by atoms with Gasteiger partial charge in [0.05, 0.1) is 12.2 Å². The topological polar surface area (TPSA) is 44.0 Å². The molecule has 62 valence electrons. The summed E-state index contributed by atoms with van der Waals surface area (Å²) in [4.78, 5) is 0. The van der Waals surface area contributed by atoms with Crippen molar-refractivity contribution in [3.05, 3.63) is 34.9 Å². The maximum Gasteiger partial charge on any atom is 0.0980 e. The molecule has 0 saturated heterocycles. The molecule has 1 N–H and O–H groups in total. The summed E-state index contributed by atoms with van der Waals surface area (Å²) < 4.78 is 0. The highest BCUT2D eigenvalue weighted by Crippen LogP contribution is 2.26. The minimum Gasteiger partial charge on any atom is -0.384 e. The van der Waals surface area contributed by atoms with Crippen LogP contribution in [-0.4, -0.2) is 11.2 Å². The van der Waals surface area contributed by atoms with Gasteiger partial charge in [0.1, 0.15) is 0 Å². The molecule has 1 aliphatic carbocycles. The number of nitriles is 1. The van der Waals surface area contributed by atoms with Crippen LogP contribution in [0.3, 0.4) is 0 Å². The number of aliphatic hydroxyl groups excluding tert-OH is 1. The molecule has 0 aromatic rings. The molecule has 0 bridgehead atoms. The molecule has 2 heteroatoms. The molecule has 0 aromatic heterocycles. The largest absolute Gasteiger partial charge is 0.384 e. The first-order valence-corrected chi connectivity index (χ1v) is 3.80. The number of rotatable bonds is 0. The maximum atomic E-state index is 9.46. The summed E-state index contributed by atoms with van der Waals surface area (Å²) in [5.74, 6) is 0. The van der Waals surface area contributed by atoms with Gasteiger partial charge in [-0.3, -0.25) is 0 Å². The molecule has 0 aliphatic heterocycles. The summed E-state index contributed by atoms with van der Waals surface area (Å²) in [6.45, 7) is 3.85. The minimum absolute atomic E-state index is 0.533. The van der Waals surface area contributed by atoms with E-state index >= 15 is 0 Å². The molecule has 2 nitrogen and oxygen atoms in total. The van der Waals surface area contributed by atoms with Crippen LogP contribution < -0.4 is 0 Å². The molecule has 12 heavy (non-hydrogen) atoms. The summed E-state index contributed by atoms with van der Waals surface area (Å²) in [6, 6.07) is 1.96. The van der Waals surface area contributed by atoms with E-state index in [9.17, 15) is 5.11 Å². The van der Waals surface area contributed by atoms with Gasteiger partial charge in [0.2, 0.25) is 0 Å². The van der Waals surface area contributed by atoms with Gasteiger partial charge in [-0.1, -0.05) is 17.7 Å². The van der Waals surface area contributed by atoms with Gasteiger partial charge in [0.15, 0.2) is 0 Å². The average molecular weight is 161 g/mol. The molecule has 0 aromatic carbocycles. The lowest BCUT2D eigenvalue weighted by molar-refractivity contribution is 0.265. The van der Waals surface area contributed by atoms with Gasteiger partial charge >= 0.3 is 0 Å². The van der Waals surface area contributed by atoms with Crippen molar-refractivity contribution in [2.45, 2.75) is 20.0 Å². The Morgan fingerprint density at radius 1 is 1.67 bits per heavy atom. The maximum absolute atomic E-state index is 9.46. The molecule has 0 heterocycles. The number of hydrogen-bond donors (Lipinski definition) is 1. The van der Waals surface area contributed by atoms with Gasteiger partial charge in [-0.15, -0.1) is 0 Å². The Bertz CT molecular complexity index is 311. The highest BCUT2D eigenvalue weighted by Gasteiger charge is 2.17. The molecular weight excluding hydrogens is 150 g/mol. The number of nitrogens with zero attached hydrogens (tertiary/aromatic N) is 1. The third kappa shape index (κ3) is 1.46. The van der Waals surface area contributed by atoms with E-state index in [4.69, 9.17) is 5.26 Å². The van der Waals surface area contributed by atoms with E-state index in [1.165, 1.54) is 6.08 Å². The van der Waals surface area contributed by atoms with Crippen molar-refractivity contribution in [2.24, 2.45) is 0 Å². The van der Waals surface area contributed by atoms with Crippen molar-refractivity contribution in [3.63, 3.8) is 0 Å². The lowest BCUT2D eigenvalue weighted by Gasteiger charge is -2.07. The normalized spacial score (nSPS) is 24.7. The van der Waals surface area contributed by atoms with Crippen LogP contribution >= 0.6 is 0 Å². The first-order chi connectivity index (χ1) is 5.66. The predicted molar refractivity (Wildman–Crippen MR) is 47.2 cm³/mol. The quantitative estimate of drug-likeness (QED) is 0.549. The molecule has 0 spiro atoms. The van der Waals surface area contributed by atoms with Gasteiger partial charge in [-0.25, -0.2) is 0 Å². The molecule has 1 rings (SSSR count). The second-order valence-electron chi connectivity index (χ2n) is 2.95. The second kappa shape index (κ2) is 3.38. The van der Waals surface area contributed by atoms with Crippen molar-refractivity contribution in [1.82, 2.24) is 0 Å². The number of allylic oxidation sites excluding steroid dienone is 3. The van der Waals surface area contributed by atoms with Crippen LogP contribution in [0.2, 0.25) is 0 Å². The van der Waals surface area contributed by atoms with Crippen LogP contribution in [0.25, 0.3) is 0 Å². The molecule has 0 unspecified atom stereocenters. The molecule has 0 radical (unpaired) electrons. The van der Waals surface area contributed by atoms with E-state index in [1.54, 1.807) is 12.2 Å². The van der Waals surface area contributed by atoms with Gasteiger partial charge in [0, 0.05) is 6.08 Å². The average Bonchev–Trinajstić information content (AvgIpc) is 2.32. The molecular formula is C10H11NO. The predicted octanol–water partition coefficient (Wildman–Crippen LogP) is 1.70. The SMILES string of the molecule is CC(C)=C1/C(=C\C#N)C=C[C@H]1O. The lowest BCUT2D eigenvalue weighted by atomic mass is 10.0. The van der Waals surface area contributed by atoms with E-state index in [1.807, 2.05) is 19.9 Å². The Kier molecular flexibility index (Phi) is 2.47. The zero-order chi connectivity index (χ0) is 9.14. The van der Waals surface area contributed by atoms with Crippen LogP contribution in [0, 0.1) is 11.3 Å². The molecule has 0 fully saturated rings. The summed E-state index contributed by atoms with van der Waals surface area (Å²) in [5, 5.41) is 17.9. The zero-order valence-corrected chi connectivity index (χ0v) is 7.20. The fourth-order valence-electron chi connectivity index (χ4n) is 1.33. The third-order valence-corrected chi connectivity index (χ3v) is 1.82. The van der Waals surface area contributed by atoms with Gasteiger partial charge in [-0.2, -0.15) is 5.26 Å². The van der Waals surface area contributed by atoms with Crippen molar-refractivity contribution < 1.29 is 5.11 Å². The Balaban J connectivity index is 3.11. The van der Waals surface area contributed by atoms with Crippen LogP contribution in [0.5, 0.6) is 0 Å². The standard InChI is InChI=1S/C10H11NO/c1-7(2)10-8(5-6-11)3-4-9(10)12/h3-5,9,12H,1-2H3/b8-5-/t9-/m1/s1. The molecule has 1 atom stereocenters. The van der Waals surface area contributed by atoms with E-state index in [-0.39, 0.29) is 0 Å². The Hall–Kier alpha value is -1.33. The van der Waals surface area contributed by atoms with Crippen LogP contribution in [-0.2, 0) is 0 Å². The Morgan fingerprint density at radius 3 is 2.83 bits per heavy atom. The fourth-order valence-corrected chi connectivity index (χ4v) is 1.33. The lowest BCUT2D eigenvalue weighted by Crippen LogP contribution is -2.03. The first-order valence-electron chi connectivity index (χ1n) is 3.80. The highest BCUT2D eigenvalue weighted by atomic mass is 16.3. The summed E-state index contributed by atoms with van der Waals surface area (Å²) in [6.07, 6.45) is 4.38. The second-order valence-corrected chi connectivity index (χ2v) is 2.95. The summed E-state index contributed by atoms with van der Waals surface area (Å²) >= 11 is 0. The third-order valence-electron chi connectivity index (χ3n) is 1.82. The highest BCUT2D eigenvalue weighted by molar-refractivity contribution is 5.53. The smallest absolute Gasteiger partial charge is 0.0980 e. The minimum atomic E-state index is -0.533. The van der Waals surface area contributed by atoms with Crippen molar-refractivity contribution in [2.75, 3.05) is 0 Å². The van der Waals surface area contributed by atoms with Crippen LogP contribution in [0.4, 0.5) is 0 Å². The van der Waals surface area contributed by atoms with E-state index < -0.39 is 6.10 Å².